The molecule has 0 bridgehead atoms. The summed E-state index contributed by atoms with van der Waals surface area (Å²) in [5.74, 6) is -0.732. The maximum absolute atomic E-state index is 12.3. The lowest BCUT2D eigenvalue weighted by molar-refractivity contribution is -0.130. The van der Waals surface area contributed by atoms with Crippen molar-refractivity contribution < 1.29 is 14.3 Å². The third-order valence-corrected chi connectivity index (χ3v) is 3.69. The molecule has 24 heavy (non-hydrogen) atoms. The molecule has 0 spiro atoms. The monoisotopic (exact) mass is 325 g/mol. The van der Waals surface area contributed by atoms with E-state index in [4.69, 9.17) is 4.74 Å². The van der Waals surface area contributed by atoms with Crippen LogP contribution in [0, 0.1) is 6.92 Å². The maximum atomic E-state index is 12.3. The molecule has 0 aliphatic rings. The fraction of sp³-hybridized carbons (Fsp3) is 0.300. The predicted octanol–water partition coefficient (Wildman–Crippen LogP) is 3.64. The van der Waals surface area contributed by atoms with Crippen LogP contribution in [0.4, 0.5) is 0 Å². The van der Waals surface area contributed by atoms with Gasteiger partial charge in [-0.1, -0.05) is 61.4 Å². The summed E-state index contributed by atoms with van der Waals surface area (Å²) in [5.41, 5.74) is 2.53. The van der Waals surface area contributed by atoms with Gasteiger partial charge in [0.1, 0.15) is 0 Å². The van der Waals surface area contributed by atoms with Gasteiger partial charge in [0, 0.05) is 6.54 Å². The number of rotatable bonds is 7. The highest BCUT2D eigenvalue weighted by Crippen LogP contribution is 2.10. The highest BCUT2D eigenvalue weighted by atomic mass is 16.5. The quantitative estimate of drug-likeness (QED) is 0.791. The topological polar surface area (TPSA) is 55.4 Å². The number of carbonyl (C=O) groups is 2. The summed E-state index contributed by atoms with van der Waals surface area (Å²) in [4.78, 5) is 24.6. The first-order chi connectivity index (χ1) is 11.6. The van der Waals surface area contributed by atoms with Gasteiger partial charge < -0.3 is 10.1 Å². The van der Waals surface area contributed by atoms with E-state index in [9.17, 15) is 9.59 Å². The molecule has 1 amide bonds. The van der Waals surface area contributed by atoms with E-state index < -0.39 is 12.1 Å². The number of benzene rings is 2. The Labute approximate surface area is 142 Å². The highest BCUT2D eigenvalue weighted by Gasteiger charge is 2.22. The molecule has 2 aromatic rings. The number of amides is 1. The highest BCUT2D eigenvalue weighted by molar-refractivity contribution is 5.92. The van der Waals surface area contributed by atoms with Gasteiger partial charge in [-0.25, -0.2) is 4.79 Å². The molecule has 0 saturated heterocycles. The number of aryl methyl sites for hydroxylation is 1. The van der Waals surface area contributed by atoms with Crippen LogP contribution in [0.3, 0.4) is 0 Å². The van der Waals surface area contributed by atoms with Crippen molar-refractivity contribution in [2.45, 2.75) is 39.3 Å². The van der Waals surface area contributed by atoms with Gasteiger partial charge in [-0.15, -0.1) is 0 Å². The Morgan fingerprint density at radius 2 is 1.71 bits per heavy atom. The fourth-order valence-corrected chi connectivity index (χ4v) is 2.29. The summed E-state index contributed by atoms with van der Waals surface area (Å²) >= 11 is 0. The molecular weight excluding hydrogens is 302 g/mol. The summed E-state index contributed by atoms with van der Waals surface area (Å²) in [5, 5.41) is 2.83. The minimum absolute atomic E-state index is 0.263. The maximum Gasteiger partial charge on any atom is 0.338 e. The molecule has 126 valence electrons. The first kappa shape index (κ1) is 17.7. The van der Waals surface area contributed by atoms with E-state index in [1.54, 1.807) is 12.1 Å². The minimum atomic E-state index is -0.771. The van der Waals surface area contributed by atoms with Gasteiger partial charge in [0.2, 0.25) is 0 Å². The largest absolute Gasteiger partial charge is 0.449 e. The van der Waals surface area contributed by atoms with Gasteiger partial charge in [0.15, 0.2) is 6.10 Å². The van der Waals surface area contributed by atoms with E-state index in [0.29, 0.717) is 18.5 Å². The van der Waals surface area contributed by atoms with Gasteiger partial charge in [0.05, 0.1) is 5.56 Å². The number of carbonyl (C=O) groups excluding carboxylic acids is 2. The SMILES string of the molecule is CCCC(OC(=O)c1ccc(C)cc1)C(=O)NCc1ccccc1. The van der Waals surface area contributed by atoms with Crippen LogP contribution in [-0.2, 0) is 16.1 Å². The van der Waals surface area contributed by atoms with Crippen LogP contribution < -0.4 is 5.32 Å². The number of ether oxygens (including phenoxy) is 1. The number of esters is 1. The van der Waals surface area contributed by atoms with Crippen LogP contribution in [0.5, 0.6) is 0 Å². The molecule has 4 nitrogen and oxygen atoms in total. The molecular formula is C20H23NO3. The van der Waals surface area contributed by atoms with E-state index in [0.717, 1.165) is 17.5 Å². The minimum Gasteiger partial charge on any atom is -0.449 e. The summed E-state index contributed by atoms with van der Waals surface area (Å²) in [6.45, 7) is 4.32. The lowest BCUT2D eigenvalue weighted by Gasteiger charge is -2.17. The Kier molecular flexibility index (Phi) is 6.55. The second-order valence-corrected chi connectivity index (χ2v) is 5.75. The summed E-state index contributed by atoms with van der Waals surface area (Å²) in [6, 6.07) is 16.8. The number of hydrogen-bond donors (Lipinski definition) is 1. The van der Waals surface area contributed by atoms with E-state index in [1.807, 2.05) is 56.3 Å². The second kappa shape index (κ2) is 8.87. The molecule has 1 N–H and O–H groups in total. The molecule has 1 unspecified atom stereocenters. The number of hydrogen-bond acceptors (Lipinski definition) is 3. The molecule has 4 heteroatoms. The van der Waals surface area contributed by atoms with E-state index >= 15 is 0 Å². The molecule has 0 radical (unpaired) electrons. The average Bonchev–Trinajstić information content (AvgIpc) is 2.60. The van der Waals surface area contributed by atoms with E-state index in [-0.39, 0.29) is 5.91 Å². The van der Waals surface area contributed by atoms with Gasteiger partial charge in [-0.3, -0.25) is 4.79 Å². The van der Waals surface area contributed by atoms with Crippen molar-refractivity contribution in [3.05, 3.63) is 71.3 Å². The molecule has 1 atom stereocenters. The second-order valence-electron chi connectivity index (χ2n) is 5.75. The van der Waals surface area contributed by atoms with Crippen LogP contribution in [0.2, 0.25) is 0 Å². The normalized spacial score (nSPS) is 11.6. The molecule has 0 aromatic heterocycles. The molecule has 0 saturated carbocycles. The average molecular weight is 325 g/mol. The van der Waals surface area contributed by atoms with Gasteiger partial charge in [-0.05, 0) is 31.0 Å². The molecule has 0 heterocycles. The van der Waals surface area contributed by atoms with Crippen LogP contribution in [0.15, 0.2) is 54.6 Å². The first-order valence-electron chi connectivity index (χ1n) is 8.19. The number of nitrogens with one attached hydrogen (secondary N) is 1. The van der Waals surface area contributed by atoms with Crippen molar-refractivity contribution in [2.75, 3.05) is 0 Å². The lowest BCUT2D eigenvalue weighted by Crippen LogP contribution is -2.37. The third-order valence-electron chi connectivity index (χ3n) is 3.69. The molecule has 2 rings (SSSR count). The zero-order valence-electron chi connectivity index (χ0n) is 14.1. The van der Waals surface area contributed by atoms with Crippen molar-refractivity contribution >= 4 is 11.9 Å². The van der Waals surface area contributed by atoms with Gasteiger partial charge in [0.25, 0.3) is 5.91 Å². The molecule has 0 aliphatic heterocycles. The van der Waals surface area contributed by atoms with Crippen LogP contribution in [0.25, 0.3) is 0 Å². The predicted molar refractivity (Wildman–Crippen MR) is 93.6 cm³/mol. The summed E-state index contributed by atoms with van der Waals surface area (Å²) in [6.07, 6.45) is 0.482. The third kappa shape index (κ3) is 5.23. The van der Waals surface area contributed by atoms with Crippen LogP contribution in [-0.4, -0.2) is 18.0 Å². The Balaban J connectivity index is 1.95. The zero-order chi connectivity index (χ0) is 17.4. The van der Waals surface area contributed by atoms with Gasteiger partial charge in [-0.2, -0.15) is 0 Å². The van der Waals surface area contributed by atoms with Crippen molar-refractivity contribution in [1.29, 1.82) is 0 Å². The van der Waals surface area contributed by atoms with E-state index in [2.05, 4.69) is 5.32 Å². The van der Waals surface area contributed by atoms with Crippen LogP contribution >= 0.6 is 0 Å². The molecule has 0 aliphatic carbocycles. The van der Waals surface area contributed by atoms with Crippen molar-refractivity contribution in [2.24, 2.45) is 0 Å². The van der Waals surface area contributed by atoms with Crippen LogP contribution in [0.1, 0.15) is 41.3 Å². The summed E-state index contributed by atoms with van der Waals surface area (Å²) in [7, 11) is 0. The first-order valence-corrected chi connectivity index (χ1v) is 8.19. The zero-order valence-corrected chi connectivity index (χ0v) is 14.1. The van der Waals surface area contributed by atoms with E-state index in [1.165, 1.54) is 0 Å². The fourth-order valence-electron chi connectivity index (χ4n) is 2.29. The summed E-state index contributed by atoms with van der Waals surface area (Å²) < 4.78 is 5.42. The Hall–Kier alpha value is -2.62. The van der Waals surface area contributed by atoms with Crippen molar-refractivity contribution in [1.82, 2.24) is 5.32 Å². The van der Waals surface area contributed by atoms with Crippen molar-refractivity contribution in [3.8, 4) is 0 Å². The Morgan fingerprint density at radius 3 is 2.33 bits per heavy atom. The molecule has 0 fully saturated rings. The molecule has 2 aromatic carbocycles. The van der Waals surface area contributed by atoms with Gasteiger partial charge >= 0.3 is 5.97 Å². The van der Waals surface area contributed by atoms with Crippen molar-refractivity contribution in [3.63, 3.8) is 0 Å². The smallest absolute Gasteiger partial charge is 0.338 e. The Morgan fingerprint density at radius 1 is 1.04 bits per heavy atom. The Bertz CT molecular complexity index is 665. The standard InChI is InChI=1S/C20H23NO3/c1-3-7-18(19(22)21-14-16-8-5-4-6-9-16)24-20(23)17-12-10-15(2)11-13-17/h4-6,8-13,18H,3,7,14H2,1-2H3,(H,21,22). The lowest BCUT2D eigenvalue weighted by atomic mass is 10.1.